The molecule has 0 unspecified atom stereocenters. The number of aromatic nitrogens is 1. The molecule has 2 aromatic heterocycles. The van der Waals surface area contributed by atoms with Crippen molar-refractivity contribution in [1.82, 2.24) is 4.98 Å². The van der Waals surface area contributed by atoms with Crippen molar-refractivity contribution in [3.05, 3.63) is 31.9 Å². The summed E-state index contributed by atoms with van der Waals surface area (Å²) in [7, 11) is 0. The molecule has 0 saturated heterocycles. The minimum absolute atomic E-state index is 0.231. The SMILES string of the molecule is Cc1nc(COc2ccsc2C(=O)O)sc1C. The summed E-state index contributed by atoms with van der Waals surface area (Å²) in [5, 5.41) is 11.5. The van der Waals surface area contributed by atoms with E-state index in [1.807, 2.05) is 13.8 Å². The van der Waals surface area contributed by atoms with Crippen molar-refractivity contribution in [3.8, 4) is 5.75 Å². The second-order valence-electron chi connectivity index (χ2n) is 3.46. The lowest BCUT2D eigenvalue weighted by Crippen LogP contribution is -1.99. The number of carboxylic acids is 1. The average molecular weight is 269 g/mol. The molecule has 90 valence electrons. The zero-order valence-corrected chi connectivity index (χ0v) is 11.0. The number of rotatable bonds is 4. The summed E-state index contributed by atoms with van der Waals surface area (Å²) in [4.78, 5) is 16.6. The van der Waals surface area contributed by atoms with Gasteiger partial charge in [-0.1, -0.05) is 0 Å². The van der Waals surface area contributed by atoms with Crippen LogP contribution in [0.1, 0.15) is 25.3 Å². The molecule has 0 aliphatic heterocycles. The number of thiophene rings is 1. The number of thiazole rings is 1. The molecule has 1 N–H and O–H groups in total. The number of hydrogen-bond acceptors (Lipinski definition) is 5. The van der Waals surface area contributed by atoms with Crippen molar-refractivity contribution < 1.29 is 14.6 Å². The summed E-state index contributed by atoms with van der Waals surface area (Å²) in [5.41, 5.74) is 0.998. The van der Waals surface area contributed by atoms with Crippen LogP contribution in [0.25, 0.3) is 0 Å². The number of nitrogens with zero attached hydrogens (tertiary/aromatic N) is 1. The fourth-order valence-electron chi connectivity index (χ4n) is 1.31. The first-order valence-electron chi connectivity index (χ1n) is 4.94. The first kappa shape index (κ1) is 12.1. The maximum Gasteiger partial charge on any atom is 0.349 e. The Labute approximate surface area is 107 Å². The van der Waals surface area contributed by atoms with Crippen molar-refractivity contribution in [2.75, 3.05) is 0 Å². The molecule has 0 saturated carbocycles. The first-order chi connectivity index (χ1) is 8.08. The van der Waals surface area contributed by atoms with E-state index in [-0.39, 0.29) is 4.88 Å². The van der Waals surface area contributed by atoms with Crippen LogP contribution in [0.2, 0.25) is 0 Å². The fourth-order valence-corrected chi connectivity index (χ4v) is 2.83. The normalized spacial score (nSPS) is 10.5. The minimum Gasteiger partial charge on any atom is -0.485 e. The van der Waals surface area contributed by atoms with Crippen molar-refractivity contribution in [2.45, 2.75) is 20.5 Å². The largest absolute Gasteiger partial charge is 0.485 e. The maximum absolute atomic E-state index is 10.9. The Bertz CT molecular complexity index is 525. The summed E-state index contributed by atoms with van der Waals surface area (Å²) in [6.07, 6.45) is 0. The summed E-state index contributed by atoms with van der Waals surface area (Å²) < 4.78 is 5.47. The topological polar surface area (TPSA) is 59.4 Å². The van der Waals surface area contributed by atoms with Crippen molar-refractivity contribution in [2.24, 2.45) is 0 Å². The van der Waals surface area contributed by atoms with E-state index in [1.165, 1.54) is 0 Å². The lowest BCUT2D eigenvalue weighted by atomic mass is 10.4. The van der Waals surface area contributed by atoms with Gasteiger partial charge in [0.15, 0.2) is 4.88 Å². The molecule has 4 nitrogen and oxygen atoms in total. The van der Waals surface area contributed by atoms with Crippen LogP contribution in [0.15, 0.2) is 11.4 Å². The van der Waals surface area contributed by atoms with Gasteiger partial charge in [0.2, 0.25) is 0 Å². The van der Waals surface area contributed by atoms with E-state index in [0.29, 0.717) is 12.4 Å². The van der Waals surface area contributed by atoms with Gasteiger partial charge in [-0.25, -0.2) is 9.78 Å². The smallest absolute Gasteiger partial charge is 0.349 e. The van der Waals surface area contributed by atoms with Gasteiger partial charge in [0.05, 0.1) is 5.69 Å². The molecule has 0 aliphatic carbocycles. The van der Waals surface area contributed by atoms with Crippen molar-refractivity contribution >= 4 is 28.6 Å². The minimum atomic E-state index is -0.957. The van der Waals surface area contributed by atoms with Crippen molar-refractivity contribution in [1.29, 1.82) is 0 Å². The summed E-state index contributed by atoms with van der Waals surface area (Å²) in [5.74, 6) is -0.547. The Morgan fingerprint density at radius 3 is 2.88 bits per heavy atom. The molecule has 6 heteroatoms. The van der Waals surface area contributed by atoms with Gasteiger partial charge in [-0.05, 0) is 25.3 Å². The van der Waals surface area contributed by atoms with E-state index in [2.05, 4.69) is 4.98 Å². The highest BCUT2D eigenvalue weighted by atomic mass is 32.1. The van der Waals surface area contributed by atoms with Crippen LogP contribution < -0.4 is 4.74 Å². The van der Waals surface area contributed by atoms with Gasteiger partial charge in [0.1, 0.15) is 17.4 Å². The average Bonchev–Trinajstić information content (AvgIpc) is 2.83. The number of hydrogen-bond donors (Lipinski definition) is 1. The molecule has 2 aromatic rings. The zero-order chi connectivity index (χ0) is 12.4. The van der Waals surface area contributed by atoms with Gasteiger partial charge in [-0.15, -0.1) is 22.7 Å². The third-order valence-corrected chi connectivity index (χ3v) is 4.18. The van der Waals surface area contributed by atoms with Crippen LogP contribution >= 0.6 is 22.7 Å². The van der Waals surface area contributed by atoms with Crippen molar-refractivity contribution in [3.63, 3.8) is 0 Å². The molecule has 0 amide bonds. The van der Waals surface area contributed by atoms with Crippen LogP contribution in [0, 0.1) is 13.8 Å². The standard InChI is InChI=1S/C11H11NO3S2/c1-6-7(2)17-9(12-6)5-15-8-3-4-16-10(8)11(13)14/h3-4H,5H2,1-2H3,(H,13,14). The van der Waals surface area contributed by atoms with E-state index in [4.69, 9.17) is 9.84 Å². The highest BCUT2D eigenvalue weighted by Crippen LogP contribution is 2.26. The van der Waals surface area contributed by atoms with E-state index in [0.717, 1.165) is 26.9 Å². The van der Waals surface area contributed by atoms with E-state index < -0.39 is 5.97 Å². The second-order valence-corrected chi connectivity index (χ2v) is 5.66. The molecule has 0 aromatic carbocycles. The fraction of sp³-hybridized carbons (Fsp3) is 0.273. The molecule has 0 bridgehead atoms. The Morgan fingerprint density at radius 1 is 1.53 bits per heavy atom. The number of carboxylic acid groups (broad SMARTS) is 1. The predicted octanol–water partition coefficient (Wildman–Crippen LogP) is 3.10. The Kier molecular flexibility index (Phi) is 3.44. The molecular weight excluding hydrogens is 258 g/mol. The molecule has 17 heavy (non-hydrogen) atoms. The molecular formula is C11H11NO3S2. The van der Waals surface area contributed by atoms with Crippen LogP contribution in [-0.4, -0.2) is 16.1 Å². The van der Waals surface area contributed by atoms with Gasteiger partial charge < -0.3 is 9.84 Å². The summed E-state index contributed by atoms with van der Waals surface area (Å²) in [6, 6.07) is 1.67. The zero-order valence-electron chi connectivity index (χ0n) is 9.39. The van der Waals surface area contributed by atoms with E-state index in [1.54, 1.807) is 22.8 Å². The maximum atomic E-state index is 10.9. The Balaban J connectivity index is 2.07. The molecule has 0 spiro atoms. The van der Waals surface area contributed by atoms with E-state index >= 15 is 0 Å². The highest BCUT2D eigenvalue weighted by Gasteiger charge is 2.13. The molecule has 0 radical (unpaired) electrons. The van der Waals surface area contributed by atoms with Crippen LogP contribution in [0.4, 0.5) is 0 Å². The monoisotopic (exact) mass is 269 g/mol. The van der Waals surface area contributed by atoms with Gasteiger partial charge in [0, 0.05) is 4.88 Å². The van der Waals surface area contributed by atoms with Gasteiger partial charge in [0.25, 0.3) is 0 Å². The highest BCUT2D eigenvalue weighted by molar-refractivity contribution is 7.12. The lowest BCUT2D eigenvalue weighted by molar-refractivity contribution is 0.0697. The Morgan fingerprint density at radius 2 is 2.29 bits per heavy atom. The van der Waals surface area contributed by atoms with Crippen LogP contribution in [0.3, 0.4) is 0 Å². The molecule has 2 heterocycles. The van der Waals surface area contributed by atoms with E-state index in [9.17, 15) is 4.79 Å². The van der Waals surface area contributed by atoms with Crippen LogP contribution in [-0.2, 0) is 6.61 Å². The first-order valence-corrected chi connectivity index (χ1v) is 6.64. The van der Waals surface area contributed by atoms with Gasteiger partial charge >= 0.3 is 5.97 Å². The van der Waals surface area contributed by atoms with Gasteiger partial charge in [-0.2, -0.15) is 0 Å². The summed E-state index contributed by atoms with van der Waals surface area (Å²) >= 11 is 2.73. The lowest BCUT2D eigenvalue weighted by Gasteiger charge is -2.02. The molecule has 0 atom stereocenters. The summed E-state index contributed by atoms with van der Waals surface area (Å²) in [6.45, 7) is 4.27. The number of aryl methyl sites for hydroxylation is 2. The van der Waals surface area contributed by atoms with Crippen LogP contribution in [0.5, 0.6) is 5.75 Å². The molecule has 0 aliphatic rings. The second kappa shape index (κ2) is 4.85. The molecule has 2 rings (SSSR count). The Hall–Kier alpha value is -1.40. The third kappa shape index (κ3) is 2.65. The van der Waals surface area contributed by atoms with Gasteiger partial charge in [-0.3, -0.25) is 0 Å². The predicted molar refractivity (Wildman–Crippen MR) is 67.2 cm³/mol. The number of ether oxygens (including phenoxy) is 1. The third-order valence-electron chi connectivity index (χ3n) is 2.25. The quantitative estimate of drug-likeness (QED) is 0.926. The molecule has 0 fully saturated rings. The number of carbonyl (C=O) groups is 1. The number of aromatic carboxylic acids is 1.